The Bertz CT molecular complexity index is 2200. The Kier molecular flexibility index (Phi) is 6.39. The van der Waals surface area contributed by atoms with Crippen LogP contribution >= 0.6 is 15.9 Å². The van der Waals surface area contributed by atoms with Crippen LogP contribution < -0.4 is 0 Å². The normalized spacial score (nSPS) is 11.4. The molecule has 202 valence electrons. The zero-order valence-electron chi connectivity index (χ0n) is 23.5. The van der Waals surface area contributed by atoms with Gasteiger partial charge >= 0.3 is 0 Å². The summed E-state index contributed by atoms with van der Waals surface area (Å²) in [5, 5.41) is 7.58. The second-order valence-corrected chi connectivity index (χ2v) is 12.0. The van der Waals surface area contributed by atoms with E-state index in [9.17, 15) is 0 Å². The van der Waals surface area contributed by atoms with E-state index in [2.05, 4.69) is 180 Å². The van der Waals surface area contributed by atoms with Gasteiger partial charge in [-0.3, -0.25) is 0 Å². The smallest absolute Gasteiger partial charge is 0.0175 e. The van der Waals surface area contributed by atoms with Gasteiger partial charge in [-0.1, -0.05) is 155 Å². The molecular weight excluding hydrogens is 584 g/mol. The van der Waals surface area contributed by atoms with Crippen LogP contribution in [0.2, 0.25) is 0 Å². The van der Waals surface area contributed by atoms with E-state index in [4.69, 9.17) is 0 Å². The highest BCUT2D eigenvalue weighted by atomic mass is 79.9. The van der Waals surface area contributed by atoms with Crippen LogP contribution in [-0.2, 0) is 0 Å². The van der Waals surface area contributed by atoms with Crippen molar-refractivity contribution in [1.29, 1.82) is 0 Å². The van der Waals surface area contributed by atoms with E-state index in [-0.39, 0.29) is 0 Å². The van der Waals surface area contributed by atoms with Crippen molar-refractivity contribution in [3.05, 3.63) is 168 Å². The van der Waals surface area contributed by atoms with Crippen molar-refractivity contribution in [3.8, 4) is 44.5 Å². The van der Waals surface area contributed by atoms with Gasteiger partial charge in [-0.2, -0.15) is 0 Å². The topological polar surface area (TPSA) is 0 Å². The predicted molar refractivity (Wildman–Crippen MR) is 188 cm³/mol. The molecule has 0 saturated heterocycles. The fourth-order valence-electron chi connectivity index (χ4n) is 6.52. The van der Waals surface area contributed by atoms with Gasteiger partial charge in [0.05, 0.1) is 0 Å². The van der Waals surface area contributed by atoms with Gasteiger partial charge in [0.25, 0.3) is 0 Å². The highest BCUT2D eigenvalue weighted by molar-refractivity contribution is 9.10. The molecule has 0 aromatic heterocycles. The summed E-state index contributed by atoms with van der Waals surface area (Å²) in [7, 11) is 0. The SMILES string of the molecule is Brc1ccc(-c2ccc(-c3c4ccccc4c(-c4cc(-c5ccccc5)cc5ccccc45)c4ccccc34)cc2)cc1. The highest BCUT2D eigenvalue weighted by Crippen LogP contribution is 2.46. The van der Waals surface area contributed by atoms with Crippen LogP contribution in [0.4, 0.5) is 0 Å². The van der Waals surface area contributed by atoms with E-state index >= 15 is 0 Å². The monoisotopic (exact) mass is 610 g/mol. The summed E-state index contributed by atoms with van der Waals surface area (Å²) in [6.45, 7) is 0. The summed E-state index contributed by atoms with van der Waals surface area (Å²) in [5.74, 6) is 0. The van der Waals surface area contributed by atoms with Gasteiger partial charge in [-0.05, 0) is 101 Å². The van der Waals surface area contributed by atoms with Crippen molar-refractivity contribution in [3.63, 3.8) is 0 Å². The van der Waals surface area contributed by atoms with E-state index in [0.717, 1.165) is 4.47 Å². The number of fused-ring (bicyclic) bond motifs is 3. The number of rotatable bonds is 4. The molecule has 8 aromatic rings. The third-order valence-electron chi connectivity index (χ3n) is 8.52. The number of hydrogen-bond donors (Lipinski definition) is 0. The van der Waals surface area contributed by atoms with Crippen molar-refractivity contribution in [2.75, 3.05) is 0 Å². The minimum atomic E-state index is 1.09. The quantitative estimate of drug-likeness (QED) is 0.174. The molecule has 0 aliphatic carbocycles. The molecule has 0 bridgehead atoms. The summed E-state index contributed by atoms with van der Waals surface area (Å²) < 4.78 is 1.09. The molecule has 0 N–H and O–H groups in total. The lowest BCUT2D eigenvalue weighted by atomic mass is 9.83. The molecule has 43 heavy (non-hydrogen) atoms. The van der Waals surface area contributed by atoms with Gasteiger partial charge in [-0.25, -0.2) is 0 Å². The first kappa shape index (κ1) is 25.7. The van der Waals surface area contributed by atoms with Crippen LogP contribution in [0, 0.1) is 0 Å². The Balaban J connectivity index is 1.41. The summed E-state index contributed by atoms with van der Waals surface area (Å²) in [6.07, 6.45) is 0. The molecule has 0 unspecified atom stereocenters. The predicted octanol–water partition coefficient (Wildman–Crippen LogP) is 12.6. The molecule has 0 fully saturated rings. The Labute approximate surface area is 260 Å². The van der Waals surface area contributed by atoms with E-state index in [1.54, 1.807) is 0 Å². The van der Waals surface area contributed by atoms with E-state index in [1.807, 2.05) is 0 Å². The largest absolute Gasteiger partial charge is 0.0622 e. The molecule has 8 rings (SSSR count). The minimum Gasteiger partial charge on any atom is -0.0622 e. The van der Waals surface area contributed by atoms with Crippen molar-refractivity contribution in [2.24, 2.45) is 0 Å². The fourth-order valence-corrected chi connectivity index (χ4v) is 6.78. The van der Waals surface area contributed by atoms with Crippen molar-refractivity contribution < 1.29 is 0 Å². The molecule has 1 heteroatoms. The molecule has 0 heterocycles. The second-order valence-electron chi connectivity index (χ2n) is 11.0. The zero-order chi connectivity index (χ0) is 28.8. The first-order chi connectivity index (χ1) is 21.2. The van der Waals surface area contributed by atoms with Gasteiger partial charge in [0.15, 0.2) is 0 Å². The molecule has 0 aliphatic rings. The maximum atomic E-state index is 3.56. The number of halogens is 1. The van der Waals surface area contributed by atoms with Crippen molar-refractivity contribution >= 4 is 48.2 Å². The summed E-state index contributed by atoms with van der Waals surface area (Å²) >= 11 is 3.56. The average molecular weight is 612 g/mol. The van der Waals surface area contributed by atoms with Gasteiger partial charge in [-0.15, -0.1) is 0 Å². The lowest BCUT2D eigenvalue weighted by molar-refractivity contribution is 1.59. The van der Waals surface area contributed by atoms with Gasteiger partial charge in [0.1, 0.15) is 0 Å². The standard InChI is InChI=1S/C42H27Br/c43-34-24-22-30(23-25-34)29-18-20-31(21-19-29)41-36-14-6-8-16-38(36)42(39-17-9-7-15-37(39)41)40-27-33(28-10-2-1-3-11-28)26-32-12-4-5-13-35(32)40/h1-27H. The Morgan fingerprint density at radius 1 is 0.302 bits per heavy atom. The molecule has 0 nitrogen and oxygen atoms in total. The van der Waals surface area contributed by atoms with Crippen molar-refractivity contribution in [1.82, 2.24) is 0 Å². The first-order valence-electron chi connectivity index (χ1n) is 14.6. The van der Waals surface area contributed by atoms with Crippen LogP contribution in [0.3, 0.4) is 0 Å². The number of benzene rings is 8. The summed E-state index contributed by atoms with van der Waals surface area (Å²) in [5.41, 5.74) is 9.94. The molecule has 0 amide bonds. The van der Waals surface area contributed by atoms with Gasteiger partial charge < -0.3 is 0 Å². The maximum absolute atomic E-state index is 3.56. The van der Waals surface area contributed by atoms with Gasteiger partial charge in [0.2, 0.25) is 0 Å². The Hall–Kier alpha value is -4.98. The Morgan fingerprint density at radius 2 is 0.744 bits per heavy atom. The molecule has 0 spiro atoms. The molecular formula is C42H27Br. The second kappa shape index (κ2) is 10.7. The average Bonchev–Trinajstić information content (AvgIpc) is 3.07. The Morgan fingerprint density at radius 3 is 1.35 bits per heavy atom. The molecule has 0 atom stereocenters. The number of hydrogen-bond acceptors (Lipinski definition) is 0. The van der Waals surface area contributed by atoms with Crippen molar-refractivity contribution in [2.45, 2.75) is 0 Å². The molecule has 0 radical (unpaired) electrons. The van der Waals surface area contributed by atoms with E-state index < -0.39 is 0 Å². The summed E-state index contributed by atoms with van der Waals surface area (Å²) in [4.78, 5) is 0. The summed E-state index contributed by atoms with van der Waals surface area (Å²) in [6, 6.07) is 59.6. The third-order valence-corrected chi connectivity index (χ3v) is 9.05. The maximum Gasteiger partial charge on any atom is 0.0175 e. The van der Waals surface area contributed by atoms with Crippen LogP contribution in [0.15, 0.2) is 168 Å². The lowest BCUT2D eigenvalue weighted by Gasteiger charge is -2.20. The van der Waals surface area contributed by atoms with Crippen LogP contribution in [0.1, 0.15) is 0 Å². The van der Waals surface area contributed by atoms with Crippen LogP contribution in [0.5, 0.6) is 0 Å². The molecule has 8 aromatic carbocycles. The molecule has 0 aliphatic heterocycles. The van der Waals surface area contributed by atoms with Crippen LogP contribution in [-0.4, -0.2) is 0 Å². The zero-order valence-corrected chi connectivity index (χ0v) is 25.1. The minimum absolute atomic E-state index is 1.09. The van der Waals surface area contributed by atoms with E-state index in [1.165, 1.54) is 76.8 Å². The van der Waals surface area contributed by atoms with Gasteiger partial charge in [0, 0.05) is 4.47 Å². The lowest BCUT2D eigenvalue weighted by Crippen LogP contribution is -1.92. The third kappa shape index (κ3) is 4.54. The van der Waals surface area contributed by atoms with Crippen LogP contribution in [0.25, 0.3) is 76.8 Å². The highest BCUT2D eigenvalue weighted by Gasteiger charge is 2.18. The van der Waals surface area contributed by atoms with E-state index in [0.29, 0.717) is 0 Å². The first-order valence-corrected chi connectivity index (χ1v) is 15.4. The molecule has 0 saturated carbocycles. The fraction of sp³-hybridized carbons (Fsp3) is 0.